The van der Waals surface area contributed by atoms with Crippen LogP contribution >= 0.6 is 0 Å². The van der Waals surface area contributed by atoms with E-state index in [1.165, 1.54) is 31.3 Å². The molecule has 0 aromatic rings. The number of esters is 1. The molecule has 4 rings (SSSR count). The Hall–Kier alpha value is -1.88. The zero-order valence-corrected chi connectivity index (χ0v) is 23.9. The molecule has 0 aromatic carbocycles. The average molecular weight is 512 g/mol. The number of allylic oxidation sites excluding steroid dienone is 5. The Morgan fingerprint density at radius 1 is 1.05 bits per heavy atom. The van der Waals surface area contributed by atoms with Crippen molar-refractivity contribution in [3.05, 3.63) is 35.5 Å². The van der Waals surface area contributed by atoms with Crippen LogP contribution in [0.3, 0.4) is 0 Å². The molecule has 0 unspecified atom stereocenters. The van der Waals surface area contributed by atoms with E-state index in [-0.39, 0.29) is 11.5 Å². The standard InChI is InChI=1S/C32H49NO4/c1-19(2)20(3)7-8-21(4)25-11-12-26-24-10-9-22-17-23(37-30(36)28(33)18-29(34)35)13-15-31(22,5)27(24)14-16-32(25,26)6/h7-10,19-21,23,25-28H,11-18,33H2,1-6H3,(H,34,35)/b8-7+/t20-,21+,23-,25+,26-,27-,28-,31-,32+/m0/s1. The van der Waals surface area contributed by atoms with E-state index in [1.54, 1.807) is 5.57 Å². The molecule has 0 amide bonds. The van der Waals surface area contributed by atoms with Crippen LogP contribution in [0.25, 0.3) is 0 Å². The maximum absolute atomic E-state index is 12.4. The molecule has 206 valence electrons. The fourth-order valence-electron chi connectivity index (χ4n) is 8.23. The number of carbonyl (C=O) groups is 2. The number of carboxylic acid groups (broad SMARTS) is 1. The number of fused-ring (bicyclic) bond motifs is 5. The van der Waals surface area contributed by atoms with Crippen molar-refractivity contribution < 1.29 is 25.2 Å². The first-order valence-electron chi connectivity index (χ1n) is 14.7. The van der Waals surface area contributed by atoms with Crippen LogP contribution in [-0.2, 0) is 14.3 Å². The predicted octanol–water partition coefficient (Wildman–Crippen LogP) is 4.63. The van der Waals surface area contributed by atoms with Gasteiger partial charge in [-0.1, -0.05) is 77.0 Å². The van der Waals surface area contributed by atoms with Crippen molar-refractivity contribution in [3.63, 3.8) is 0 Å². The Balaban J connectivity index is 1.48. The van der Waals surface area contributed by atoms with Gasteiger partial charge < -0.3 is 20.4 Å². The number of aliphatic carboxylic acids is 1. The van der Waals surface area contributed by atoms with Gasteiger partial charge in [-0.15, -0.1) is 0 Å². The fraction of sp³-hybridized carbons (Fsp3) is 0.750. The van der Waals surface area contributed by atoms with Crippen LogP contribution in [0.2, 0.25) is 0 Å². The second kappa shape index (κ2) is 10.7. The average Bonchev–Trinajstić information content (AvgIpc) is 3.19. The maximum Gasteiger partial charge on any atom is 0.365 e. The summed E-state index contributed by atoms with van der Waals surface area (Å²) in [6.45, 7) is 14.4. The Morgan fingerprint density at radius 2 is 1.78 bits per heavy atom. The first-order valence-corrected chi connectivity index (χ1v) is 14.7. The van der Waals surface area contributed by atoms with E-state index in [2.05, 4.69) is 71.6 Å². The zero-order valence-electron chi connectivity index (χ0n) is 23.9. The van der Waals surface area contributed by atoms with Gasteiger partial charge in [0.1, 0.15) is 6.10 Å². The van der Waals surface area contributed by atoms with Crippen molar-refractivity contribution in [1.82, 2.24) is 0 Å². The van der Waals surface area contributed by atoms with E-state index in [1.807, 2.05) is 0 Å². The summed E-state index contributed by atoms with van der Waals surface area (Å²) in [6.07, 6.45) is 16.8. The maximum atomic E-state index is 12.4. The third-order valence-electron chi connectivity index (χ3n) is 11.0. The lowest BCUT2D eigenvalue weighted by Crippen LogP contribution is -2.67. The lowest BCUT2D eigenvalue weighted by atomic mass is 9.50. The molecule has 0 radical (unpaired) electrons. The SMILES string of the molecule is CC(C)[C@@H](C)/C=C/[C@@H](C)[C@H]1CC[C@H]2C3=CC=C4C[C@@H](OC(=O)[C@@H]([NH3+])CC(=O)[O-])CC[C@]4(C)[C@H]3CC[C@]12C. The molecule has 5 heteroatoms. The molecule has 3 saturated carbocycles. The highest BCUT2D eigenvalue weighted by atomic mass is 16.5. The minimum atomic E-state index is -1.27. The smallest absolute Gasteiger partial charge is 0.365 e. The number of carbonyl (C=O) groups excluding carboxylic acids is 2. The highest BCUT2D eigenvalue weighted by Gasteiger charge is 2.57. The monoisotopic (exact) mass is 511 g/mol. The van der Waals surface area contributed by atoms with Crippen molar-refractivity contribution in [2.45, 2.75) is 105 Å². The van der Waals surface area contributed by atoms with Crippen LogP contribution < -0.4 is 10.8 Å². The summed E-state index contributed by atoms with van der Waals surface area (Å²) in [7, 11) is 0. The number of quaternary nitrogens is 1. The van der Waals surface area contributed by atoms with Crippen LogP contribution in [0.4, 0.5) is 0 Å². The first-order chi connectivity index (χ1) is 17.4. The molecule has 0 aromatic heterocycles. The molecule has 4 aliphatic rings. The third-order valence-corrected chi connectivity index (χ3v) is 11.0. The molecule has 0 saturated heterocycles. The van der Waals surface area contributed by atoms with Gasteiger partial charge in [-0.3, -0.25) is 0 Å². The van der Waals surface area contributed by atoms with E-state index in [4.69, 9.17) is 4.74 Å². The molecule has 5 nitrogen and oxygen atoms in total. The van der Waals surface area contributed by atoms with Crippen molar-refractivity contribution >= 4 is 11.9 Å². The molecule has 0 bridgehead atoms. The van der Waals surface area contributed by atoms with Gasteiger partial charge in [-0.25, -0.2) is 4.79 Å². The number of carboxylic acids is 1. The summed E-state index contributed by atoms with van der Waals surface area (Å²) in [4.78, 5) is 23.2. The molecule has 0 aliphatic heterocycles. The Kier molecular flexibility index (Phi) is 8.14. The fourth-order valence-corrected chi connectivity index (χ4v) is 8.23. The predicted molar refractivity (Wildman–Crippen MR) is 144 cm³/mol. The van der Waals surface area contributed by atoms with E-state index in [0.29, 0.717) is 35.0 Å². The molecule has 37 heavy (non-hydrogen) atoms. The van der Waals surface area contributed by atoms with Gasteiger partial charge in [0.05, 0.1) is 6.42 Å². The van der Waals surface area contributed by atoms with Crippen molar-refractivity contribution in [3.8, 4) is 0 Å². The summed E-state index contributed by atoms with van der Waals surface area (Å²) in [5.74, 6) is 2.09. The third kappa shape index (κ3) is 5.35. The van der Waals surface area contributed by atoms with Crippen molar-refractivity contribution in [2.75, 3.05) is 0 Å². The highest BCUT2D eigenvalue weighted by molar-refractivity contribution is 5.79. The Morgan fingerprint density at radius 3 is 2.46 bits per heavy atom. The van der Waals surface area contributed by atoms with Crippen LogP contribution in [0, 0.1) is 46.3 Å². The second-order valence-electron chi connectivity index (χ2n) is 13.5. The van der Waals surface area contributed by atoms with Crippen molar-refractivity contribution in [1.29, 1.82) is 0 Å². The number of rotatable bonds is 8. The number of hydrogen-bond acceptors (Lipinski definition) is 4. The molecular weight excluding hydrogens is 462 g/mol. The van der Waals surface area contributed by atoms with Gasteiger partial charge in [0.25, 0.3) is 0 Å². The summed E-state index contributed by atoms with van der Waals surface area (Å²) in [6, 6.07) is -0.915. The highest BCUT2D eigenvalue weighted by Crippen LogP contribution is 2.66. The van der Waals surface area contributed by atoms with Crippen LogP contribution in [-0.4, -0.2) is 24.1 Å². The number of hydrogen-bond donors (Lipinski definition) is 1. The van der Waals surface area contributed by atoms with Gasteiger partial charge >= 0.3 is 5.97 Å². The van der Waals surface area contributed by atoms with Crippen LogP contribution in [0.5, 0.6) is 0 Å². The van der Waals surface area contributed by atoms with Gasteiger partial charge in [0, 0.05) is 12.4 Å². The van der Waals surface area contributed by atoms with E-state index < -0.39 is 24.4 Å². The summed E-state index contributed by atoms with van der Waals surface area (Å²) in [5.41, 5.74) is 7.21. The van der Waals surface area contributed by atoms with Crippen LogP contribution in [0.15, 0.2) is 35.5 Å². The summed E-state index contributed by atoms with van der Waals surface area (Å²) in [5, 5.41) is 10.8. The van der Waals surface area contributed by atoms with Gasteiger partial charge in [-0.2, -0.15) is 0 Å². The Labute approximate surface area is 224 Å². The van der Waals surface area contributed by atoms with Gasteiger partial charge in [0.2, 0.25) is 0 Å². The Bertz CT molecular complexity index is 979. The zero-order chi connectivity index (χ0) is 27.1. The molecule has 3 N–H and O–H groups in total. The minimum Gasteiger partial charge on any atom is -0.550 e. The molecule has 9 atom stereocenters. The normalized spacial score (nSPS) is 37.6. The quantitative estimate of drug-likeness (QED) is 0.380. The van der Waals surface area contributed by atoms with Crippen molar-refractivity contribution in [2.24, 2.45) is 46.3 Å². The molecule has 4 aliphatic carbocycles. The largest absolute Gasteiger partial charge is 0.550 e. The molecular formula is C32H49NO4. The molecule has 3 fully saturated rings. The van der Waals surface area contributed by atoms with Gasteiger partial charge in [0.15, 0.2) is 6.04 Å². The summed E-state index contributed by atoms with van der Waals surface area (Å²) < 4.78 is 5.70. The second-order valence-corrected chi connectivity index (χ2v) is 13.5. The topological polar surface area (TPSA) is 94.1 Å². The minimum absolute atomic E-state index is 0.124. The number of ether oxygens (including phenoxy) is 1. The molecule has 0 heterocycles. The molecule has 0 spiro atoms. The lowest BCUT2D eigenvalue weighted by Gasteiger charge is -2.55. The van der Waals surface area contributed by atoms with E-state index in [0.717, 1.165) is 25.2 Å². The van der Waals surface area contributed by atoms with Gasteiger partial charge in [-0.05, 0) is 84.9 Å². The first kappa shape index (κ1) is 28.1. The van der Waals surface area contributed by atoms with E-state index in [9.17, 15) is 14.7 Å². The van der Waals surface area contributed by atoms with Crippen LogP contribution in [0.1, 0.15) is 92.9 Å². The van der Waals surface area contributed by atoms with E-state index >= 15 is 0 Å². The summed E-state index contributed by atoms with van der Waals surface area (Å²) >= 11 is 0. The lowest BCUT2D eigenvalue weighted by molar-refractivity contribution is -0.413.